The molecule has 0 fully saturated rings. The average molecular weight is 1130 g/mol. The van der Waals surface area contributed by atoms with Crippen molar-refractivity contribution < 1.29 is 0 Å². The summed E-state index contributed by atoms with van der Waals surface area (Å²) in [5.41, 5.74) is 27.7. The van der Waals surface area contributed by atoms with E-state index in [9.17, 15) is 0 Å². The summed E-state index contributed by atoms with van der Waals surface area (Å²) < 4.78 is 0. The van der Waals surface area contributed by atoms with Crippen molar-refractivity contribution in [1.29, 1.82) is 0 Å². The Bertz CT molecular complexity index is 5120. The number of aromatic nitrogens is 4. The molecule has 418 valence electrons. The lowest BCUT2D eigenvalue weighted by Gasteiger charge is -2.26. The highest BCUT2D eigenvalue weighted by molar-refractivity contribution is 6.98. The van der Waals surface area contributed by atoms with E-state index in [1.165, 1.54) is 98.8 Å². The molecule has 0 spiro atoms. The van der Waals surface area contributed by atoms with Crippen LogP contribution in [0, 0.1) is 48.5 Å². The van der Waals surface area contributed by atoms with Gasteiger partial charge >= 0.3 is 0 Å². The molecular formula is C83H63BN4. The minimum atomic E-state index is 0.146. The number of nitrogens with zero attached hydrogens (tertiary/aromatic N) is 4. The van der Waals surface area contributed by atoms with Crippen LogP contribution in [0.1, 0.15) is 38.9 Å². The number of aryl methyl sites for hydroxylation is 7. The second kappa shape index (κ2) is 22.0. The van der Waals surface area contributed by atoms with Gasteiger partial charge in [0, 0.05) is 43.8 Å². The van der Waals surface area contributed by atoms with E-state index in [4.69, 9.17) is 19.9 Å². The van der Waals surface area contributed by atoms with Crippen molar-refractivity contribution in [1.82, 2.24) is 19.9 Å². The second-order valence-electron chi connectivity index (χ2n) is 24.1. The molecule has 4 heterocycles. The molecule has 4 aromatic heterocycles. The molecule has 0 saturated carbocycles. The molecule has 0 atom stereocenters. The Morgan fingerprint density at radius 1 is 0.250 bits per heavy atom. The molecule has 4 nitrogen and oxygen atoms in total. The van der Waals surface area contributed by atoms with Crippen LogP contribution in [0.2, 0.25) is 0 Å². The number of hydrogen-bond donors (Lipinski definition) is 0. The Balaban J connectivity index is 0.000000148. The molecule has 5 heteroatoms. The third kappa shape index (κ3) is 9.70. The molecule has 0 saturated heterocycles. The lowest BCUT2D eigenvalue weighted by atomic mass is 9.33. The van der Waals surface area contributed by atoms with Gasteiger partial charge in [-0.15, -0.1) is 0 Å². The van der Waals surface area contributed by atoms with E-state index in [-0.39, 0.29) is 6.71 Å². The molecule has 0 bridgehead atoms. The zero-order chi connectivity index (χ0) is 59.7. The van der Waals surface area contributed by atoms with Gasteiger partial charge in [0.2, 0.25) is 6.71 Å². The number of fused-ring (bicyclic) bond motifs is 6. The van der Waals surface area contributed by atoms with Gasteiger partial charge in [0.05, 0.1) is 44.8 Å². The Morgan fingerprint density at radius 2 is 0.602 bits per heavy atom. The van der Waals surface area contributed by atoms with E-state index >= 15 is 0 Å². The quantitative estimate of drug-likeness (QED) is 0.112. The smallest absolute Gasteiger partial charge is 0.243 e. The maximum atomic E-state index is 5.18. The van der Waals surface area contributed by atoms with Crippen LogP contribution >= 0.6 is 0 Å². The summed E-state index contributed by atoms with van der Waals surface area (Å²) in [4.78, 5) is 20.5. The normalized spacial score (nSPS) is 11.6. The summed E-state index contributed by atoms with van der Waals surface area (Å²) in [6.45, 7) is 15.9. The van der Waals surface area contributed by atoms with Gasteiger partial charge in [-0.1, -0.05) is 280 Å². The fourth-order valence-corrected chi connectivity index (χ4v) is 14.0. The predicted molar refractivity (Wildman–Crippen MR) is 376 cm³/mol. The first-order valence-corrected chi connectivity index (χ1v) is 30.5. The maximum Gasteiger partial charge on any atom is 0.243 e. The standard InChI is InChI=1S/C42H26N4.C41H37B/c1-3-8-27(9-4-1)35-22-18-29-14-16-31-20-24-37(45-41(31)39(29)43-35)33-12-7-13-34(26-33)38-25-21-32-17-15-30-19-23-36(28-10-5-2-6-11-28)44-40(30)42(32)46-38;1-24-8-10-31(11-9-24)34-16-12-32-14-18-36-37(19-15-33-13-17-35(34)38(32)39(33)36)42(40-27(4)20-25(2)21-28(40)5)41-29(6)22-26(3)23-30(41)7/h1-26H;8-23H,1-7H3. The van der Waals surface area contributed by atoms with Gasteiger partial charge in [-0.3, -0.25) is 0 Å². The van der Waals surface area contributed by atoms with Gasteiger partial charge in [-0.2, -0.15) is 0 Å². The van der Waals surface area contributed by atoms with Gasteiger partial charge in [0.15, 0.2) is 0 Å². The minimum Gasteiger partial charge on any atom is -0.245 e. The molecule has 0 aliphatic carbocycles. The van der Waals surface area contributed by atoms with Gasteiger partial charge in [-0.25, -0.2) is 19.9 Å². The summed E-state index contributed by atoms with van der Waals surface area (Å²) in [7, 11) is 0. The van der Waals surface area contributed by atoms with E-state index in [1.54, 1.807) is 0 Å². The highest BCUT2D eigenvalue weighted by Crippen LogP contribution is 2.40. The number of rotatable bonds is 8. The van der Waals surface area contributed by atoms with E-state index in [1.807, 2.05) is 36.4 Å². The zero-order valence-corrected chi connectivity index (χ0v) is 50.6. The summed E-state index contributed by atoms with van der Waals surface area (Å²) in [6.07, 6.45) is 0. The van der Waals surface area contributed by atoms with Gasteiger partial charge in [0.25, 0.3) is 0 Å². The van der Waals surface area contributed by atoms with Crippen molar-refractivity contribution in [2.45, 2.75) is 48.5 Å². The van der Waals surface area contributed by atoms with Crippen LogP contribution in [0.15, 0.2) is 255 Å². The molecule has 0 N–H and O–H groups in total. The topological polar surface area (TPSA) is 51.6 Å². The van der Waals surface area contributed by atoms with E-state index in [0.29, 0.717) is 0 Å². The van der Waals surface area contributed by atoms with Crippen molar-refractivity contribution >= 4 is 99.0 Å². The lowest BCUT2D eigenvalue weighted by molar-refractivity contribution is 1.34. The fourth-order valence-electron chi connectivity index (χ4n) is 14.0. The first-order chi connectivity index (χ1) is 43.0. The molecule has 0 aliphatic heterocycles. The molecule has 0 unspecified atom stereocenters. The minimum absolute atomic E-state index is 0.146. The van der Waals surface area contributed by atoms with Gasteiger partial charge in [-0.05, 0) is 122 Å². The SMILES string of the molecule is Cc1ccc(-c2ccc3ccc4c(B(c5c(C)cc(C)cc5C)c5c(C)cc(C)cc5C)ccc5ccc2c3c54)cc1.c1ccc(-c2ccc3ccc4ccc(-c5cccc(-c6ccc7ccc8ccc(-c9ccccc9)nc8c7n6)c5)nc4c3n2)cc1. The monoisotopic (exact) mass is 1130 g/mol. The maximum absolute atomic E-state index is 5.18. The van der Waals surface area contributed by atoms with Crippen molar-refractivity contribution in [3.05, 3.63) is 294 Å². The van der Waals surface area contributed by atoms with Crippen LogP contribution < -0.4 is 16.4 Å². The van der Waals surface area contributed by atoms with Crippen molar-refractivity contribution in [2.75, 3.05) is 0 Å². The third-order valence-electron chi connectivity index (χ3n) is 18.1. The number of benzene rings is 12. The van der Waals surface area contributed by atoms with Gasteiger partial charge < -0.3 is 0 Å². The van der Waals surface area contributed by atoms with Crippen LogP contribution in [-0.2, 0) is 0 Å². The van der Waals surface area contributed by atoms with Crippen molar-refractivity contribution in [3.63, 3.8) is 0 Å². The Hall–Kier alpha value is -10.6. The Labute approximate surface area is 514 Å². The average Bonchev–Trinajstić information content (AvgIpc) is 0.759. The Kier molecular flexibility index (Phi) is 13.5. The lowest BCUT2D eigenvalue weighted by Crippen LogP contribution is -2.56. The summed E-state index contributed by atoms with van der Waals surface area (Å²) in [5.74, 6) is 0. The number of hydrogen-bond acceptors (Lipinski definition) is 4. The van der Waals surface area contributed by atoms with E-state index < -0.39 is 0 Å². The van der Waals surface area contributed by atoms with E-state index in [0.717, 1.165) is 88.6 Å². The summed E-state index contributed by atoms with van der Waals surface area (Å²) in [6, 6.07) is 91.5. The van der Waals surface area contributed by atoms with Crippen LogP contribution in [-0.4, -0.2) is 26.6 Å². The van der Waals surface area contributed by atoms with Crippen molar-refractivity contribution in [2.24, 2.45) is 0 Å². The van der Waals surface area contributed by atoms with Gasteiger partial charge in [0.1, 0.15) is 0 Å². The third-order valence-corrected chi connectivity index (χ3v) is 18.1. The second-order valence-corrected chi connectivity index (χ2v) is 24.1. The van der Waals surface area contributed by atoms with Crippen LogP contribution in [0.5, 0.6) is 0 Å². The summed E-state index contributed by atoms with van der Waals surface area (Å²) in [5, 5.41) is 12.3. The molecule has 0 radical (unpaired) electrons. The van der Waals surface area contributed by atoms with Crippen LogP contribution in [0.25, 0.3) is 132 Å². The first-order valence-electron chi connectivity index (χ1n) is 30.5. The molecule has 16 rings (SSSR count). The number of pyridine rings is 4. The summed E-state index contributed by atoms with van der Waals surface area (Å²) >= 11 is 0. The predicted octanol–water partition coefficient (Wildman–Crippen LogP) is 19.5. The fraction of sp³-hybridized carbons (Fsp3) is 0.0843. The molecular weight excluding hydrogens is 1060 g/mol. The first kappa shape index (κ1) is 54.1. The van der Waals surface area contributed by atoms with Crippen LogP contribution in [0.3, 0.4) is 0 Å². The zero-order valence-electron chi connectivity index (χ0n) is 50.6. The van der Waals surface area contributed by atoms with Crippen molar-refractivity contribution in [3.8, 4) is 56.2 Å². The highest BCUT2D eigenvalue weighted by Gasteiger charge is 2.31. The molecule has 0 amide bonds. The molecule has 16 aromatic rings. The highest BCUT2D eigenvalue weighted by atomic mass is 14.8. The van der Waals surface area contributed by atoms with E-state index in [2.05, 4.69) is 267 Å². The Morgan fingerprint density at radius 3 is 1.05 bits per heavy atom. The van der Waals surface area contributed by atoms with Crippen LogP contribution in [0.4, 0.5) is 0 Å². The molecule has 88 heavy (non-hydrogen) atoms. The molecule has 12 aromatic carbocycles. The largest absolute Gasteiger partial charge is 0.245 e. The molecule has 0 aliphatic rings.